The average Bonchev–Trinajstić information content (AvgIpc) is 2.40. The van der Waals surface area contributed by atoms with E-state index in [1.807, 2.05) is 0 Å². The van der Waals surface area contributed by atoms with Crippen LogP contribution < -0.4 is 0 Å². The van der Waals surface area contributed by atoms with Crippen LogP contribution in [0.2, 0.25) is 0 Å². The number of piperidine rings is 1. The maximum absolute atomic E-state index is 11.1. The highest BCUT2D eigenvalue weighted by Crippen LogP contribution is 2.18. The molecule has 18 heavy (non-hydrogen) atoms. The number of nitrogens with zero attached hydrogens (tertiary/aromatic N) is 2. The topological polar surface area (TPSA) is 32.8 Å². The molecule has 1 aliphatic rings. The summed E-state index contributed by atoms with van der Waals surface area (Å²) in [6.07, 6.45) is 5.75. The molecule has 1 fully saturated rings. The fourth-order valence-electron chi connectivity index (χ4n) is 2.62. The Morgan fingerprint density at radius 1 is 1.39 bits per heavy atom. The van der Waals surface area contributed by atoms with E-state index in [0.29, 0.717) is 6.42 Å². The first-order valence-corrected chi connectivity index (χ1v) is 7.16. The number of methoxy groups -OCH3 is 1. The van der Waals surface area contributed by atoms with Crippen molar-refractivity contribution in [2.75, 3.05) is 40.3 Å². The molecule has 4 nitrogen and oxygen atoms in total. The van der Waals surface area contributed by atoms with Gasteiger partial charge in [0.2, 0.25) is 0 Å². The number of carbonyl (C=O) groups excluding carboxylic acids is 1. The molecule has 1 atom stereocenters. The maximum atomic E-state index is 11.1. The molecule has 0 aromatic carbocycles. The Labute approximate surface area is 111 Å². The van der Waals surface area contributed by atoms with Crippen LogP contribution >= 0.6 is 0 Å². The van der Waals surface area contributed by atoms with Crippen molar-refractivity contribution in [3.63, 3.8) is 0 Å². The molecule has 1 heterocycles. The molecule has 1 aliphatic heterocycles. The van der Waals surface area contributed by atoms with E-state index >= 15 is 0 Å². The molecule has 0 amide bonds. The van der Waals surface area contributed by atoms with Gasteiger partial charge in [0.25, 0.3) is 0 Å². The third-order valence-electron chi connectivity index (χ3n) is 4.01. The largest absolute Gasteiger partial charge is 0.469 e. The van der Waals surface area contributed by atoms with Crippen molar-refractivity contribution in [3.05, 3.63) is 0 Å². The highest BCUT2D eigenvalue weighted by molar-refractivity contribution is 5.69. The van der Waals surface area contributed by atoms with Crippen LogP contribution in [0.25, 0.3) is 0 Å². The molecular formula is C14H28N2O2. The van der Waals surface area contributed by atoms with Gasteiger partial charge in [0, 0.05) is 12.6 Å². The summed E-state index contributed by atoms with van der Waals surface area (Å²) in [5.74, 6) is -0.108. The zero-order valence-corrected chi connectivity index (χ0v) is 12.2. The lowest BCUT2D eigenvalue weighted by Crippen LogP contribution is -2.39. The van der Waals surface area contributed by atoms with Crippen LogP contribution in [-0.2, 0) is 9.53 Å². The van der Waals surface area contributed by atoms with Crippen molar-refractivity contribution in [3.8, 4) is 0 Å². The molecule has 0 aromatic rings. The van der Waals surface area contributed by atoms with E-state index in [1.54, 1.807) is 0 Å². The molecule has 0 saturated carbocycles. The second kappa shape index (κ2) is 8.48. The molecule has 0 spiro atoms. The first kappa shape index (κ1) is 15.4. The first-order valence-electron chi connectivity index (χ1n) is 7.16. The predicted molar refractivity (Wildman–Crippen MR) is 73.6 cm³/mol. The normalized spacial score (nSPS) is 21.2. The van der Waals surface area contributed by atoms with Gasteiger partial charge < -0.3 is 14.5 Å². The molecular weight excluding hydrogens is 228 g/mol. The third-order valence-corrected chi connectivity index (χ3v) is 4.01. The van der Waals surface area contributed by atoms with Gasteiger partial charge in [-0.3, -0.25) is 4.79 Å². The summed E-state index contributed by atoms with van der Waals surface area (Å²) < 4.78 is 4.68. The molecule has 0 N–H and O–H groups in total. The number of ether oxygens (including phenoxy) is 1. The van der Waals surface area contributed by atoms with Crippen molar-refractivity contribution in [2.24, 2.45) is 0 Å². The van der Waals surface area contributed by atoms with Crippen LogP contribution in [0.15, 0.2) is 0 Å². The van der Waals surface area contributed by atoms with Crippen molar-refractivity contribution >= 4 is 5.97 Å². The zero-order chi connectivity index (χ0) is 13.4. The Morgan fingerprint density at radius 3 is 2.78 bits per heavy atom. The minimum Gasteiger partial charge on any atom is -0.469 e. The zero-order valence-electron chi connectivity index (χ0n) is 12.2. The molecule has 1 rings (SSSR count). The van der Waals surface area contributed by atoms with Crippen LogP contribution in [-0.4, -0.2) is 62.1 Å². The fourth-order valence-corrected chi connectivity index (χ4v) is 2.62. The second-order valence-electron chi connectivity index (χ2n) is 5.18. The van der Waals surface area contributed by atoms with Gasteiger partial charge in [-0.25, -0.2) is 0 Å². The second-order valence-corrected chi connectivity index (χ2v) is 5.18. The van der Waals surface area contributed by atoms with E-state index in [9.17, 15) is 4.79 Å². The van der Waals surface area contributed by atoms with Crippen LogP contribution in [0.5, 0.6) is 0 Å². The van der Waals surface area contributed by atoms with E-state index in [0.717, 1.165) is 25.7 Å². The van der Waals surface area contributed by atoms with Crippen LogP contribution in [0.1, 0.15) is 39.0 Å². The summed E-state index contributed by atoms with van der Waals surface area (Å²) in [6, 6.07) is 0.728. The number of carbonyl (C=O) groups is 1. The number of esters is 1. The number of likely N-dealkylation sites (tertiary alicyclic amines) is 1. The summed E-state index contributed by atoms with van der Waals surface area (Å²) in [5, 5.41) is 0. The molecule has 0 bridgehead atoms. The van der Waals surface area contributed by atoms with Crippen molar-refractivity contribution in [2.45, 2.75) is 45.1 Å². The third kappa shape index (κ3) is 5.36. The lowest BCUT2D eigenvalue weighted by atomic mass is 10.00. The molecule has 0 aromatic heterocycles. The molecule has 0 radical (unpaired) electrons. The van der Waals surface area contributed by atoms with E-state index in [4.69, 9.17) is 0 Å². The van der Waals surface area contributed by atoms with E-state index in [1.165, 1.54) is 39.3 Å². The Hall–Kier alpha value is -0.610. The minimum absolute atomic E-state index is 0.108. The number of hydrogen-bond donors (Lipinski definition) is 0. The summed E-state index contributed by atoms with van der Waals surface area (Å²) in [6.45, 7) is 6.30. The standard InChI is InChI=1S/C14H28N2O2/c1-4-16(12-9-14(17)18-3)11-8-13-7-5-6-10-15(13)2/h13H,4-12H2,1-3H3. The average molecular weight is 256 g/mol. The maximum Gasteiger partial charge on any atom is 0.306 e. The van der Waals surface area contributed by atoms with Gasteiger partial charge in [-0.05, 0) is 45.9 Å². The molecule has 0 aliphatic carbocycles. The van der Waals surface area contributed by atoms with Crippen molar-refractivity contribution < 1.29 is 9.53 Å². The SMILES string of the molecule is CCN(CCC(=O)OC)CCC1CCCCN1C. The Bertz CT molecular complexity index is 246. The highest BCUT2D eigenvalue weighted by Gasteiger charge is 2.19. The molecule has 106 valence electrons. The molecule has 4 heteroatoms. The monoisotopic (exact) mass is 256 g/mol. The Balaban J connectivity index is 2.23. The number of rotatable bonds is 7. The van der Waals surface area contributed by atoms with Crippen LogP contribution in [0, 0.1) is 0 Å². The van der Waals surface area contributed by atoms with Gasteiger partial charge in [0.05, 0.1) is 13.5 Å². The smallest absolute Gasteiger partial charge is 0.306 e. The Kier molecular flexibility index (Phi) is 7.28. The quantitative estimate of drug-likeness (QED) is 0.650. The fraction of sp³-hybridized carbons (Fsp3) is 0.929. The van der Waals surface area contributed by atoms with Gasteiger partial charge >= 0.3 is 5.97 Å². The van der Waals surface area contributed by atoms with E-state index in [2.05, 4.69) is 28.5 Å². The molecule has 1 saturated heterocycles. The summed E-state index contributed by atoms with van der Waals surface area (Å²) >= 11 is 0. The van der Waals surface area contributed by atoms with E-state index in [-0.39, 0.29) is 5.97 Å². The number of hydrogen-bond acceptors (Lipinski definition) is 4. The highest BCUT2D eigenvalue weighted by atomic mass is 16.5. The molecule has 1 unspecified atom stereocenters. The van der Waals surface area contributed by atoms with Crippen molar-refractivity contribution in [1.29, 1.82) is 0 Å². The van der Waals surface area contributed by atoms with Gasteiger partial charge in [-0.15, -0.1) is 0 Å². The van der Waals surface area contributed by atoms with Gasteiger partial charge in [-0.2, -0.15) is 0 Å². The first-order chi connectivity index (χ1) is 8.67. The minimum atomic E-state index is -0.108. The summed E-state index contributed by atoms with van der Waals surface area (Å²) in [5.41, 5.74) is 0. The van der Waals surface area contributed by atoms with Crippen LogP contribution in [0.3, 0.4) is 0 Å². The van der Waals surface area contributed by atoms with Gasteiger partial charge in [0.15, 0.2) is 0 Å². The lowest BCUT2D eigenvalue weighted by molar-refractivity contribution is -0.140. The van der Waals surface area contributed by atoms with Crippen molar-refractivity contribution in [1.82, 2.24) is 9.80 Å². The summed E-state index contributed by atoms with van der Waals surface area (Å²) in [4.78, 5) is 16.0. The Morgan fingerprint density at radius 2 is 2.17 bits per heavy atom. The van der Waals surface area contributed by atoms with Gasteiger partial charge in [-0.1, -0.05) is 13.3 Å². The van der Waals surface area contributed by atoms with E-state index < -0.39 is 0 Å². The lowest BCUT2D eigenvalue weighted by Gasteiger charge is -2.34. The predicted octanol–water partition coefficient (Wildman–Crippen LogP) is 1.75. The van der Waals surface area contributed by atoms with Gasteiger partial charge in [0.1, 0.15) is 0 Å². The summed E-state index contributed by atoms with van der Waals surface area (Å²) in [7, 11) is 3.68. The van der Waals surface area contributed by atoms with Crippen LogP contribution in [0.4, 0.5) is 0 Å².